The zero-order chi connectivity index (χ0) is 11.5. The van der Waals surface area contributed by atoms with E-state index in [1.54, 1.807) is 24.3 Å². The molecule has 0 radical (unpaired) electrons. The largest absolute Gasteiger partial charge is 0.287 e. The average Bonchev–Trinajstić information content (AvgIpc) is 2.29. The first-order valence-electron chi connectivity index (χ1n) is 4.45. The molecule has 0 amide bonds. The van der Waals surface area contributed by atoms with Gasteiger partial charge in [0.25, 0.3) is 0 Å². The molecule has 16 heavy (non-hydrogen) atoms. The Morgan fingerprint density at radius 1 is 1.19 bits per heavy atom. The SMILES string of the molecule is O=C(c1ccc(Br)cc1)c1ccnc(Cl)n1. The second kappa shape index (κ2) is 4.72. The molecule has 0 atom stereocenters. The Kier molecular flexibility index (Phi) is 3.31. The van der Waals surface area contributed by atoms with Crippen molar-refractivity contribution >= 4 is 33.3 Å². The molecule has 2 rings (SSSR count). The minimum Gasteiger partial charge on any atom is -0.287 e. The summed E-state index contributed by atoms with van der Waals surface area (Å²) >= 11 is 8.92. The van der Waals surface area contributed by atoms with Gasteiger partial charge in [-0.05, 0) is 41.9 Å². The van der Waals surface area contributed by atoms with Crippen LogP contribution in [0.15, 0.2) is 41.0 Å². The average molecular weight is 298 g/mol. The van der Waals surface area contributed by atoms with E-state index in [-0.39, 0.29) is 11.1 Å². The second-order valence-electron chi connectivity index (χ2n) is 3.05. The van der Waals surface area contributed by atoms with E-state index in [0.717, 1.165) is 4.47 Å². The Labute approximate surface area is 106 Å². The third-order valence-electron chi connectivity index (χ3n) is 1.97. The van der Waals surface area contributed by atoms with E-state index in [0.29, 0.717) is 11.3 Å². The predicted octanol–water partition coefficient (Wildman–Crippen LogP) is 3.12. The quantitative estimate of drug-likeness (QED) is 0.632. The van der Waals surface area contributed by atoms with Gasteiger partial charge in [-0.3, -0.25) is 4.79 Å². The standard InChI is InChI=1S/C11H6BrClN2O/c12-8-3-1-7(2-4-8)10(16)9-5-6-14-11(13)15-9/h1-6H. The molecule has 0 saturated heterocycles. The van der Waals surface area contributed by atoms with Gasteiger partial charge < -0.3 is 0 Å². The highest BCUT2D eigenvalue weighted by atomic mass is 79.9. The van der Waals surface area contributed by atoms with Gasteiger partial charge in [0, 0.05) is 16.2 Å². The van der Waals surface area contributed by atoms with Gasteiger partial charge in [0.2, 0.25) is 11.1 Å². The highest BCUT2D eigenvalue weighted by Crippen LogP contribution is 2.13. The van der Waals surface area contributed by atoms with Crippen LogP contribution in [0.25, 0.3) is 0 Å². The van der Waals surface area contributed by atoms with Crippen LogP contribution in [-0.2, 0) is 0 Å². The summed E-state index contributed by atoms with van der Waals surface area (Å²) in [6.45, 7) is 0. The smallest absolute Gasteiger partial charge is 0.222 e. The summed E-state index contributed by atoms with van der Waals surface area (Å²) in [5, 5.41) is 0.0722. The van der Waals surface area contributed by atoms with Gasteiger partial charge in [0.05, 0.1) is 0 Å². The van der Waals surface area contributed by atoms with Crippen LogP contribution < -0.4 is 0 Å². The topological polar surface area (TPSA) is 42.9 Å². The predicted molar refractivity (Wildman–Crippen MR) is 64.6 cm³/mol. The maximum atomic E-state index is 11.9. The number of rotatable bonds is 2. The number of hydrogen-bond donors (Lipinski definition) is 0. The number of hydrogen-bond acceptors (Lipinski definition) is 3. The zero-order valence-corrected chi connectivity index (χ0v) is 10.4. The minimum atomic E-state index is -0.170. The number of benzene rings is 1. The molecule has 3 nitrogen and oxygen atoms in total. The number of nitrogens with zero attached hydrogens (tertiary/aromatic N) is 2. The maximum absolute atomic E-state index is 11.9. The van der Waals surface area contributed by atoms with Crippen molar-refractivity contribution in [1.29, 1.82) is 0 Å². The van der Waals surface area contributed by atoms with E-state index in [4.69, 9.17) is 11.6 Å². The molecule has 0 fully saturated rings. The summed E-state index contributed by atoms with van der Waals surface area (Å²) in [6, 6.07) is 8.59. The molecule has 0 N–H and O–H groups in total. The van der Waals surface area contributed by atoms with Crippen LogP contribution in [-0.4, -0.2) is 15.8 Å². The van der Waals surface area contributed by atoms with Crippen LogP contribution in [0.1, 0.15) is 16.1 Å². The van der Waals surface area contributed by atoms with Crippen molar-refractivity contribution < 1.29 is 4.79 Å². The zero-order valence-electron chi connectivity index (χ0n) is 8.02. The van der Waals surface area contributed by atoms with Crippen molar-refractivity contribution in [3.8, 4) is 0 Å². The molecule has 5 heteroatoms. The molecule has 1 aromatic heterocycles. The van der Waals surface area contributed by atoms with Gasteiger partial charge in [0.1, 0.15) is 5.69 Å². The third-order valence-corrected chi connectivity index (χ3v) is 2.68. The molecular weight excluding hydrogens is 291 g/mol. The Hall–Kier alpha value is -1.26. The van der Waals surface area contributed by atoms with Crippen LogP contribution in [0.3, 0.4) is 0 Å². The van der Waals surface area contributed by atoms with E-state index in [1.807, 2.05) is 0 Å². The molecule has 0 aliphatic rings. The maximum Gasteiger partial charge on any atom is 0.222 e. The minimum absolute atomic E-state index is 0.0722. The van der Waals surface area contributed by atoms with Crippen molar-refractivity contribution in [3.05, 3.63) is 57.5 Å². The summed E-state index contributed by atoms with van der Waals surface area (Å²) in [4.78, 5) is 19.5. The number of halogens is 2. The third kappa shape index (κ3) is 2.46. The van der Waals surface area contributed by atoms with Gasteiger partial charge in [-0.25, -0.2) is 9.97 Å². The van der Waals surface area contributed by atoms with Crippen LogP contribution in [0.2, 0.25) is 5.28 Å². The molecule has 0 saturated carbocycles. The molecule has 80 valence electrons. The lowest BCUT2D eigenvalue weighted by atomic mass is 10.1. The molecule has 0 aliphatic carbocycles. The molecule has 0 spiro atoms. The van der Waals surface area contributed by atoms with Crippen LogP contribution in [0.4, 0.5) is 0 Å². The van der Waals surface area contributed by atoms with Gasteiger partial charge in [0.15, 0.2) is 0 Å². The number of aromatic nitrogens is 2. The van der Waals surface area contributed by atoms with Crippen molar-refractivity contribution in [2.45, 2.75) is 0 Å². The molecule has 1 aromatic carbocycles. The number of ketones is 1. The Bertz CT molecular complexity index is 528. The number of carbonyl (C=O) groups excluding carboxylic acids is 1. The van der Waals surface area contributed by atoms with E-state index >= 15 is 0 Å². The fourth-order valence-electron chi connectivity index (χ4n) is 1.21. The van der Waals surface area contributed by atoms with E-state index in [2.05, 4.69) is 25.9 Å². The summed E-state index contributed by atoms with van der Waals surface area (Å²) in [5.41, 5.74) is 0.861. The Morgan fingerprint density at radius 2 is 1.88 bits per heavy atom. The van der Waals surface area contributed by atoms with Crippen LogP contribution in [0.5, 0.6) is 0 Å². The molecule has 0 aliphatic heterocycles. The monoisotopic (exact) mass is 296 g/mol. The highest BCUT2D eigenvalue weighted by molar-refractivity contribution is 9.10. The Morgan fingerprint density at radius 3 is 2.50 bits per heavy atom. The van der Waals surface area contributed by atoms with Crippen molar-refractivity contribution in [1.82, 2.24) is 9.97 Å². The van der Waals surface area contributed by atoms with Crippen molar-refractivity contribution in [2.24, 2.45) is 0 Å². The summed E-state index contributed by atoms with van der Waals surface area (Å²) < 4.78 is 0.921. The lowest BCUT2D eigenvalue weighted by molar-refractivity contribution is 0.103. The summed E-state index contributed by atoms with van der Waals surface area (Å²) in [6.07, 6.45) is 1.46. The second-order valence-corrected chi connectivity index (χ2v) is 4.30. The molecular formula is C11H6BrClN2O. The highest BCUT2D eigenvalue weighted by Gasteiger charge is 2.10. The normalized spacial score (nSPS) is 10.1. The fraction of sp³-hybridized carbons (Fsp3) is 0. The first kappa shape index (κ1) is 11.2. The first-order chi connectivity index (χ1) is 7.66. The molecule has 0 unspecified atom stereocenters. The van der Waals surface area contributed by atoms with Gasteiger partial charge >= 0.3 is 0 Å². The van der Waals surface area contributed by atoms with E-state index < -0.39 is 0 Å². The van der Waals surface area contributed by atoms with Crippen LogP contribution in [0, 0.1) is 0 Å². The van der Waals surface area contributed by atoms with Gasteiger partial charge in [-0.1, -0.05) is 15.9 Å². The van der Waals surface area contributed by atoms with Crippen molar-refractivity contribution in [3.63, 3.8) is 0 Å². The lowest BCUT2D eigenvalue weighted by Gasteiger charge is -2.00. The summed E-state index contributed by atoms with van der Waals surface area (Å²) in [5.74, 6) is -0.170. The van der Waals surface area contributed by atoms with Crippen molar-refractivity contribution in [2.75, 3.05) is 0 Å². The lowest BCUT2D eigenvalue weighted by Crippen LogP contribution is -2.04. The molecule has 2 aromatic rings. The van der Waals surface area contributed by atoms with Gasteiger partial charge in [-0.15, -0.1) is 0 Å². The first-order valence-corrected chi connectivity index (χ1v) is 5.63. The molecule has 1 heterocycles. The number of carbonyl (C=O) groups is 1. The Balaban J connectivity index is 2.35. The summed E-state index contributed by atoms with van der Waals surface area (Å²) in [7, 11) is 0. The fourth-order valence-corrected chi connectivity index (χ4v) is 1.62. The van der Waals surface area contributed by atoms with E-state index in [1.165, 1.54) is 12.3 Å². The van der Waals surface area contributed by atoms with Crippen LogP contribution >= 0.6 is 27.5 Å². The van der Waals surface area contributed by atoms with Gasteiger partial charge in [-0.2, -0.15) is 0 Å². The molecule has 0 bridgehead atoms. The van der Waals surface area contributed by atoms with E-state index in [9.17, 15) is 4.79 Å².